The van der Waals surface area contributed by atoms with Crippen LogP contribution in [-0.2, 0) is 4.79 Å². The van der Waals surface area contributed by atoms with Crippen LogP contribution in [0, 0.1) is 16.0 Å². The molecular weight excluding hydrogens is 376 g/mol. The van der Waals surface area contributed by atoms with E-state index in [2.05, 4.69) is 22.5 Å². The number of nitrogens with one attached hydrogen (secondary N) is 3. The summed E-state index contributed by atoms with van der Waals surface area (Å²) in [6.45, 7) is 6.06. The molecule has 1 aliphatic rings. The van der Waals surface area contributed by atoms with Crippen LogP contribution in [-0.4, -0.2) is 23.5 Å². The summed E-state index contributed by atoms with van der Waals surface area (Å²) in [5, 5.41) is 19.1. The molecule has 150 valence electrons. The number of hydrogen-bond acceptors (Lipinski definition) is 5. The number of anilines is 1. The summed E-state index contributed by atoms with van der Waals surface area (Å²) >= 11 is 0. The molecule has 1 aliphatic heterocycles. The summed E-state index contributed by atoms with van der Waals surface area (Å²) in [6.07, 6.45) is 0. The number of urea groups is 1. The fourth-order valence-corrected chi connectivity index (χ4v) is 3.16. The molecular formula is C20H20N4O5. The molecule has 2 aromatic rings. The molecule has 29 heavy (non-hydrogen) atoms. The van der Waals surface area contributed by atoms with Crippen LogP contribution >= 0.6 is 0 Å². The van der Waals surface area contributed by atoms with Crippen molar-refractivity contribution in [2.24, 2.45) is 5.92 Å². The number of nitrogens with zero attached hydrogens (tertiary/aromatic N) is 1. The van der Waals surface area contributed by atoms with Crippen LogP contribution in [0.3, 0.4) is 0 Å². The number of para-hydroxylation sites is 2. The summed E-state index contributed by atoms with van der Waals surface area (Å²) in [5.74, 6) is -0.829. The Balaban J connectivity index is 1.93. The lowest BCUT2D eigenvalue weighted by atomic mass is 9.88. The molecule has 3 amide bonds. The standard InChI is InChI=1S/C20H20N4O5/c1-3-29-16-10-5-4-9-15(16)22-19(25)17-12(2)21-20(26)23-18(17)13-7-6-8-14(11-13)24(27)28/h4-11,17-18H,2-3H2,1H3,(H,22,25)(H2,21,23,26)/t17-,18+/m1/s1. The molecule has 0 aliphatic carbocycles. The van der Waals surface area contributed by atoms with Crippen LogP contribution in [0.5, 0.6) is 5.75 Å². The van der Waals surface area contributed by atoms with Crippen molar-refractivity contribution in [2.75, 3.05) is 11.9 Å². The van der Waals surface area contributed by atoms with Crippen LogP contribution in [0.4, 0.5) is 16.2 Å². The highest BCUT2D eigenvalue weighted by atomic mass is 16.6. The molecule has 0 aromatic heterocycles. The topological polar surface area (TPSA) is 123 Å². The molecule has 1 fully saturated rings. The van der Waals surface area contributed by atoms with E-state index in [1.54, 1.807) is 30.3 Å². The Morgan fingerprint density at radius 3 is 2.76 bits per heavy atom. The Morgan fingerprint density at radius 2 is 2.03 bits per heavy atom. The predicted molar refractivity (Wildman–Crippen MR) is 106 cm³/mol. The fourth-order valence-electron chi connectivity index (χ4n) is 3.16. The molecule has 9 nitrogen and oxygen atoms in total. The van der Waals surface area contributed by atoms with Crippen LogP contribution < -0.4 is 20.7 Å². The highest BCUT2D eigenvalue weighted by molar-refractivity contribution is 5.98. The van der Waals surface area contributed by atoms with Crippen molar-refractivity contribution in [2.45, 2.75) is 13.0 Å². The number of amides is 3. The number of carbonyl (C=O) groups is 2. The highest BCUT2D eigenvalue weighted by Crippen LogP contribution is 2.33. The largest absolute Gasteiger partial charge is 0.492 e. The monoisotopic (exact) mass is 396 g/mol. The number of rotatable bonds is 6. The van der Waals surface area contributed by atoms with E-state index in [4.69, 9.17) is 4.74 Å². The first-order chi connectivity index (χ1) is 13.9. The number of hydrogen-bond donors (Lipinski definition) is 3. The van der Waals surface area contributed by atoms with Gasteiger partial charge in [0.15, 0.2) is 0 Å². The number of nitro benzene ring substituents is 1. The summed E-state index contributed by atoms with van der Waals surface area (Å²) in [7, 11) is 0. The predicted octanol–water partition coefficient (Wildman–Crippen LogP) is 3.12. The van der Waals surface area contributed by atoms with Crippen molar-refractivity contribution in [1.82, 2.24) is 10.6 Å². The Bertz CT molecular complexity index is 975. The lowest BCUT2D eigenvalue weighted by Crippen LogP contribution is -2.51. The number of benzene rings is 2. The van der Waals surface area contributed by atoms with Gasteiger partial charge in [0.25, 0.3) is 5.69 Å². The van der Waals surface area contributed by atoms with E-state index in [1.807, 2.05) is 6.92 Å². The second-order valence-electron chi connectivity index (χ2n) is 6.35. The lowest BCUT2D eigenvalue weighted by molar-refractivity contribution is -0.384. The third-order valence-electron chi connectivity index (χ3n) is 4.44. The second-order valence-corrected chi connectivity index (χ2v) is 6.35. The Labute approximate surface area is 166 Å². The minimum Gasteiger partial charge on any atom is -0.492 e. The first-order valence-corrected chi connectivity index (χ1v) is 8.94. The van der Waals surface area contributed by atoms with Gasteiger partial charge < -0.3 is 20.7 Å². The van der Waals surface area contributed by atoms with E-state index >= 15 is 0 Å². The minimum absolute atomic E-state index is 0.137. The quantitative estimate of drug-likeness (QED) is 0.511. The number of nitro groups is 1. The van der Waals surface area contributed by atoms with Crippen LogP contribution in [0.1, 0.15) is 18.5 Å². The molecule has 2 aromatic carbocycles. The van der Waals surface area contributed by atoms with Crippen LogP contribution in [0.25, 0.3) is 0 Å². The number of carbonyl (C=O) groups excluding carboxylic acids is 2. The summed E-state index contributed by atoms with van der Waals surface area (Å²) in [5.41, 5.74) is 0.952. The zero-order valence-corrected chi connectivity index (χ0v) is 15.7. The Kier molecular flexibility index (Phi) is 5.77. The van der Waals surface area contributed by atoms with E-state index < -0.39 is 28.8 Å². The molecule has 1 heterocycles. The van der Waals surface area contributed by atoms with Gasteiger partial charge in [0.1, 0.15) is 11.7 Å². The normalized spacial score (nSPS) is 18.4. The summed E-state index contributed by atoms with van der Waals surface area (Å²) in [4.78, 5) is 35.6. The average molecular weight is 396 g/mol. The van der Waals surface area contributed by atoms with E-state index in [0.29, 0.717) is 23.6 Å². The zero-order chi connectivity index (χ0) is 21.0. The molecule has 3 rings (SSSR count). The third-order valence-corrected chi connectivity index (χ3v) is 4.44. The highest BCUT2D eigenvalue weighted by Gasteiger charge is 2.38. The van der Waals surface area contributed by atoms with Crippen molar-refractivity contribution in [3.63, 3.8) is 0 Å². The zero-order valence-electron chi connectivity index (χ0n) is 15.7. The van der Waals surface area contributed by atoms with Gasteiger partial charge in [0, 0.05) is 17.8 Å². The van der Waals surface area contributed by atoms with E-state index in [1.165, 1.54) is 18.2 Å². The van der Waals surface area contributed by atoms with Crippen LogP contribution in [0.2, 0.25) is 0 Å². The lowest BCUT2D eigenvalue weighted by Gasteiger charge is -2.33. The molecule has 0 unspecified atom stereocenters. The molecule has 1 saturated heterocycles. The maximum Gasteiger partial charge on any atom is 0.319 e. The molecule has 0 saturated carbocycles. The van der Waals surface area contributed by atoms with E-state index in [-0.39, 0.29) is 11.4 Å². The molecule has 0 spiro atoms. The summed E-state index contributed by atoms with van der Waals surface area (Å²) < 4.78 is 5.53. The van der Waals surface area contributed by atoms with Crippen molar-refractivity contribution >= 4 is 23.3 Å². The molecule has 0 bridgehead atoms. The molecule has 9 heteroatoms. The van der Waals surface area contributed by atoms with Gasteiger partial charge in [-0.05, 0) is 24.6 Å². The smallest absolute Gasteiger partial charge is 0.319 e. The van der Waals surface area contributed by atoms with Crippen molar-refractivity contribution in [3.05, 3.63) is 76.5 Å². The van der Waals surface area contributed by atoms with E-state index in [0.717, 1.165) is 0 Å². The Hall–Kier alpha value is -3.88. The first-order valence-electron chi connectivity index (χ1n) is 8.94. The van der Waals surface area contributed by atoms with Gasteiger partial charge in [-0.3, -0.25) is 14.9 Å². The van der Waals surface area contributed by atoms with Gasteiger partial charge >= 0.3 is 6.03 Å². The van der Waals surface area contributed by atoms with E-state index in [9.17, 15) is 19.7 Å². The van der Waals surface area contributed by atoms with Gasteiger partial charge in [-0.25, -0.2) is 4.79 Å². The van der Waals surface area contributed by atoms with Gasteiger partial charge in [0.05, 0.1) is 23.3 Å². The Morgan fingerprint density at radius 1 is 1.28 bits per heavy atom. The number of ether oxygens (including phenoxy) is 1. The van der Waals surface area contributed by atoms with Crippen molar-refractivity contribution in [3.8, 4) is 5.75 Å². The van der Waals surface area contributed by atoms with Crippen LogP contribution in [0.15, 0.2) is 60.8 Å². The number of non-ortho nitro benzene ring substituents is 1. The van der Waals surface area contributed by atoms with Gasteiger partial charge in [-0.15, -0.1) is 0 Å². The average Bonchev–Trinajstić information content (AvgIpc) is 2.69. The van der Waals surface area contributed by atoms with Crippen molar-refractivity contribution in [1.29, 1.82) is 0 Å². The maximum atomic E-state index is 13.1. The fraction of sp³-hybridized carbons (Fsp3) is 0.200. The maximum absolute atomic E-state index is 13.1. The SMILES string of the molecule is C=C1NC(=O)N[C@@H](c2cccc([N+](=O)[O-])c2)[C@@H]1C(=O)Nc1ccccc1OCC. The van der Waals surface area contributed by atoms with Gasteiger partial charge in [-0.2, -0.15) is 0 Å². The molecule has 3 N–H and O–H groups in total. The van der Waals surface area contributed by atoms with Gasteiger partial charge in [-0.1, -0.05) is 30.8 Å². The third kappa shape index (κ3) is 4.34. The minimum atomic E-state index is -0.899. The van der Waals surface area contributed by atoms with Crippen molar-refractivity contribution < 1.29 is 19.2 Å². The summed E-state index contributed by atoms with van der Waals surface area (Å²) in [6, 6.07) is 11.4. The van der Waals surface area contributed by atoms with Gasteiger partial charge in [0.2, 0.25) is 5.91 Å². The molecule has 0 radical (unpaired) electrons. The second kappa shape index (κ2) is 8.42. The first kappa shape index (κ1) is 19.9. The molecule has 2 atom stereocenters.